The maximum Gasteiger partial charge on any atom is 0.245 e. The minimum atomic E-state index is -0.820. The van der Waals surface area contributed by atoms with Crippen molar-refractivity contribution in [2.24, 2.45) is 23.7 Å². The van der Waals surface area contributed by atoms with Crippen LogP contribution in [0, 0.1) is 23.7 Å². The first-order chi connectivity index (χ1) is 29.5. The van der Waals surface area contributed by atoms with Crippen LogP contribution in [0.2, 0.25) is 0 Å². The van der Waals surface area contributed by atoms with E-state index in [9.17, 15) is 19.2 Å². The Balaban J connectivity index is 1.48. The van der Waals surface area contributed by atoms with Gasteiger partial charge in [0, 0.05) is 52.1 Å². The molecule has 62 heavy (non-hydrogen) atoms. The number of ether oxygens (including phenoxy) is 2. The van der Waals surface area contributed by atoms with Crippen molar-refractivity contribution in [3.63, 3.8) is 0 Å². The van der Waals surface area contributed by atoms with Gasteiger partial charge in [0.2, 0.25) is 23.6 Å². The van der Waals surface area contributed by atoms with Crippen LogP contribution in [0.5, 0.6) is 0 Å². The van der Waals surface area contributed by atoms with Gasteiger partial charge >= 0.3 is 0 Å². The number of nitrogens with one attached hydrogen (secondary N) is 2. The van der Waals surface area contributed by atoms with E-state index in [1.165, 1.54) is 11.3 Å². The van der Waals surface area contributed by atoms with Crippen LogP contribution in [0.15, 0.2) is 60.2 Å². The Morgan fingerprint density at radius 3 is 2.21 bits per heavy atom. The quantitative estimate of drug-likeness (QED) is 0.107. The number of carbonyl (C=O) groups excluding carboxylic acids is 4. The van der Waals surface area contributed by atoms with Crippen molar-refractivity contribution in [3.8, 4) is 0 Å². The molecule has 4 rings (SSSR count). The molecular weight excluding hydrogens is 805 g/mol. The Morgan fingerprint density at radius 1 is 0.919 bits per heavy atom. The van der Waals surface area contributed by atoms with Gasteiger partial charge in [-0.25, -0.2) is 9.97 Å². The van der Waals surface area contributed by atoms with Crippen LogP contribution in [0.3, 0.4) is 0 Å². The van der Waals surface area contributed by atoms with E-state index in [-0.39, 0.29) is 59.9 Å². The van der Waals surface area contributed by atoms with Crippen LogP contribution >= 0.6 is 11.3 Å². The van der Waals surface area contributed by atoms with E-state index in [1.807, 2.05) is 93.2 Å². The number of carbonyl (C=O) groups is 4. The van der Waals surface area contributed by atoms with Crippen molar-refractivity contribution in [2.75, 3.05) is 40.6 Å². The lowest BCUT2D eigenvalue weighted by Crippen LogP contribution is -2.60. The molecule has 1 aliphatic heterocycles. The van der Waals surface area contributed by atoms with E-state index in [1.54, 1.807) is 44.6 Å². The Bertz CT molecular complexity index is 1870. The topological polar surface area (TPSA) is 172 Å². The lowest BCUT2D eigenvalue weighted by Gasteiger charge is -2.41. The molecule has 4 amide bonds. The van der Waals surface area contributed by atoms with Crippen LogP contribution in [0.1, 0.15) is 96.3 Å². The molecule has 2 aromatic heterocycles. The molecule has 0 unspecified atom stereocenters. The zero-order valence-corrected chi connectivity index (χ0v) is 39.6. The summed E-state index contributed by atoms with van der Waals surface area (Å²) in [4.78, 5) is 71.1. The predicted molar refractivity (Wildman–Crippen MR) is 245 cm³/mol. The maximum absolute atomic E-state index is 14.6. The average molecular weight is 877 g/mol. The van der Waals surface area contributed by atoms with E-state index in [4.69, 9.17) is 15.2 Å². The molecule has 1 aliphatic rings. The standard InChI is InChI=1S/C47H72N8O6S/c1-12-31(6)42(54(9)47(59)40(29(2)3)52-45(58)41(30(4)5)53(8)28-34-20-21-49-38(48)26-34)37(60-10)27-39(56)55-23-16-19-36(55)43(61-11)32(7)44(57)51-35(46-50-22-24-62-46)25-33-17-14-13-15-18-33/h13-15,17-18,20-22,24,26,29-32,35-37,40-43H,12,16,19,23,25,27-28H2,1-11H3,(H2,48,49)(H,51,57)(H,52,58)/t31-,32+,35-,36-,37-,40-,41-,42-,43+/m0/s1. The molecule has 3 heterocycles. The van der Waals surface area contributed by atoms with E-state index >= 15 is 0 Å². The number of amides is 4. The highest BCUT2D eigenvalue weighted by Crippen LogP contribution is 2.31. The molecule has 1 aromatic carbocycles. The van der Waals surface area contributed by atoms with Crippen molar-refractivity contribution in [2.45, 2.75) is 130 Å². The number of nitrogens with two attached hydrogens (primary N) is 1. The predicted octanol–water partition coefficient (Wildman–Crippen LogP) is 5.74. The molecule has 0 aliphatic carbocycles. The molecule has 14 nitrogen and oxygen atoms in total. The summed E-state index contributed by atoms with van der Waals surface area (Å²) < 4.78 is 12.2. The lowest BCUT2D eigenvalue weighted by molar-refractivity contribution is -0.148. The third-order valence-electron chi connectivity index (χ3n) is 12.5. The SMILES string of the molecule is CC[C@H](C)[C@@H]([C@H](CC(=O)N1CCC[C@H]1[C@H](OC)[C@@H](C)C(=O)N[C@@H](Cc1ccccc1)c1nccs1)OC)N(C)C(=O)[C@@H](NC(=O)[C@H](C(C)C)N(C)Cc1ccnc(N)c1)C(C)C. The van der Waals surface area contributed by atoms with Gasteiger partial charge in [0.05, 0.1) is 48.7 Å². The lowest BCUT2D eigenvalue weighted by atomic mass is 9.89. The van der Waals surface area contributed by atoms with Gasteiger partial charge in [0.1, 0.15) is 16.9 Å². The molecule has 1 saturated heterocycles. The number of nitrogens with zero attached hydrogens (tertiary/aromatic N) is 5. The highest BCUT2D eigenvalue weighted by Gasteiger charge is 2.43. The Kier molecular flexibility index (Phi) is 19.3. The summed E-state index contributed by atoms with van der Waals surface area (Å²) in [5, 5.41) is 9.08. The number of aromatic nitrogens is 2. The molecule has 4 N–H and O–H groups in total. The normalized spacial score (nSPS) is 18.2. The zero-order valence-electron chi connectivity index (χ0n) is 38.7. The van der Waals surface area contributed by atoms with E-state index in [2.05, 4.69) is 34.4 Å². The first-order valence-electron chi connectivity index (χ1n) is 22.1. The Morgan fingerprint density at radius 2 is 1.63 bits per heavy atom. The highest BCUT2D eigenvalue weighted by atomic mass is 32.1. The van der Waals surface area contributed by atoms with Gasteiger partial charge in [-0.05, 0) is 67.3 Å². The fourth-order valence-electron chi connectivity index (χ4n) is 9.03. The molecule has 9 atom stereocenters. The number of likely N-dealkylation sites (tertiary alicyclic amines) is 1. The number of nitrogen functional groups attached to an aromatic ring is 1. The summed E-state index contributed by atoms with van der Waals surface area (Å²) in [6.45, 7) is 14.8. The number of hydrogen-bond donors (Lipinski definition) is 3. The summed E-state index contributed by atoms with van der Waals surface area (Å²) in [5.74, 6) is -1.27. The van der Waals surface area contributed by atoms with Gasteiger partial charge in [0.15, 0.2) is 0 Å². The van der Waals surface area contributed by atoms with Gasteiger partial charge in [-0.3, -0.25) is 24.1 Å². The molecule has 0 spiro atoms. The zero-order chi connectivity index (χ0) is 45.7. The number of anilines is 1. The molecule has 0 bridgehead atoms. The smallest absolute Gasteiger partial charge is 0.245 e. The molecule has 0 saturated carbocycles. The summed E-state index contributed by atoms with van der Waals surface area (Å²) >= 11 is 1.50. The van der Waals surface area contributed by atoms with E-state index < -0.39 is 36.3 Å². The maximum atomic E-state index is 14.6. The summed E-state index contributed by atoms with van der Waals surface area (Å²) in [6.07, 6.45) is 4.99. The number of thiazole rings is 1. The fourth-order valence-corrected chi connectivity index (χ4v) is 9.72. The number of likely N-dealkylation sites (N-methyl/N-ethyl adjacent to an activating group) is 2. The molecule has 0 radical (unpaired) electrons. The van der Waals surface area contributed by atoms with Gasteiger partial charge in [-0.2, -0.15) is 0 Å². The number of methoxy groups -OCH3 is 2. The van der Waals surface area contributed by atoms with Crippen molar-refractivity contribution >= 4 is 40.8 Å². The second-order valence-electron chi connectivity index (χ2n) is 17.6. The third-order valence-corrected chi connectivity index (χ3v) is 13.4. The van der Waals surface area contributed by atoms with Gasteiger partial charge in [-0.1, -0.05) is 85.2 Å². The van der Waals surface area contributed by atoms with E-state index in [0.29, 0.717) is 31.7 Å². The van der Waals surface area contributed by atoms with Crippen LogP contribution in [-0.4, -0.2) is 120 Å². The van der Waals surface area contributed by atoms with Gasteiger partial charge < -0.3 is 35.6 Å². The first-order valence-corrected chi connectivity index (χ1v) is 23.0. The third kappa shape index (κ3) is 13.1. The Hall–Kier alpha value is -4.44. The summed E-state index contributed by atoms with van der Waals surface area (Å²) in [7, 11) is 6.80. The monoisotopic (exact) mass is 877 g/mol. The van der Waals surface area contributed by atoms with Crippen LogP contribution in [0.4, 0.5) is 5.82 Å². The number of rotatable bonds is 23. The Labute approximate surface area is 373 Å². The molecule has 15 heteroatoms. The molecule has 3 aromatic rings. The van der Waals surface area contributed by atoms with Gasteiger partial charge in [0.25, 0.3) is 0 Å². The highest BCUT2D eigenvalue weighted by molar-refractivity contribution is 7.09. The van der Waals surface area contributed by atoms with Crippen molar-refractivity contribution in [3.05, 3.63) is 76.4 Å². The minimum Gasteiger partial charge on any atom is -0.384 e. The summed E-state index contributed by atoms with van der Waals surface area (Å²) in [5.41, 5.74) is 7.94. The average Bonchev–Trinajstić information content (AvgIpc) is 3.96. The number of pyridine rings is 1. The van der Waals surface area contributed by atoms with Crippen LogP contribution in [0.25, 0.3) is 0 Å². The van der Waals surface area contributed by atoms with Crippen molar-refractivity contribution in [1.29, 1.82) is 0 Å². The van der Waals surface area contributed by atoms with Crippen LogP contribution < -0.4 is 16.4 Å². The fraction of sp³-hybridized carbons (Fsp3) is 0.617. The first kappa shape index (κ1) is 50.2. The number of benzene rings is 1. The minimum absolute atomic E-state index is 0.0261. The molecule has 1 fully saturated rings. The molecule has 342 valence electrons. The second-order valence-corrected chi connectivity index (χ2v) is 18.6. The van der Waals surface area contributed by atoms with Crippen molar-refractivity contribution < 1.29 is 28.7 Å². The van der Waals surface area contributed by atoms with E-state index in [0.717, 1.165) is 29.0 Å². The number of hydrogen-bond acceptors (Lipinski definition) is 11. The second kappa shape index (κ2) is 23.9. The van der Waals surface area contributed by atoms with Crippen molar-refractivity contribution in [1.82, 2.24) is 35.3 Å². The van der Waals surface area contributed by atoms with Crippen LogP contribution in [-0.2, 0) is 41.6 Å². The summed E-state index contributed by atoms with van der Waals surface area (Å²) in [6, 6.07) is 11.2. The van der Waals surface area contributed by atoms with Gasteiger partial charge in [-0.15, -0.1) is 11.3 Å². The largest absolute Gasteiger partial charge is 0.384 e. The molecular formula is C47H72N8O6S.